The lowest BCUT2D eigenvalue weighted by molar-refractivity contribution is -0.327. The zero-order valence-corrected chi connectivity index (χ0v) is 14.1. The molecular formula is C11H16N5O9P. The molecule has 4 atom stereocenters. The van der Waals surface area contributed by atoms with Gasteiger partial charge in [-0.1, -0.05) is 0 Å². The normalized spacial score (nSPS) is 26.6. The minimum Gasteiger partial charge on any atom is -0.387 e. The summed E-state index contributed by atoms with van der Waals surface area (Å²) >= 11 is 0. The Morgan fingerprint density at radius 3 is 2.88 bits per heavy atom. The van der Waals surface area contributed by atoms with E-state index >= 15 is 0 Å². The number of nitrogens with two attached hydrogens (primary N) is 1. The Morgan fingerprint density at radius 2 is 2.23 bits per heavy atom. The standard InChI is InChI=1S/C11H16N5O9P/c1-22-25-7-6(17)4(2-23-26(19,20)21)24-10(7)16-3-13-5-8(16)14-11(12)15-9(5)18/h3-4,6-7,10,17H,2H2,1H3,(H2,19,20,21)(H3,12,14,15,18)/t4-,6?,7?,10-/m1/s1. The van der Waals surface area contributed by atoms with Gasteiger partial charge < -0.3 is 25.4 Å². The molecule has 1 aliphatic heterocycles. The van der Waals surface area contributed by atoms with E-state index in [1.165, 1.54) is 18.0 Å². The maximum Gasteiger partial charge on any atom is 0.469 e. The number of nitrogens with zero attached hydrogens (tertiary/aromatic N) is 3. The van der Waals surface area contributed by atoms with Gasteiger partial charge in [0.1, 0.15) is 12.2 Å². The number of nitrogens with one attached hydrogen (secondary N) is 1. The van der Waals surface area contributed by atoms with Gasteiger partial charge in [-0.25, -0.2) is 19.3 Å². The molecule has 1 saturated heterocycles. The average molecular weight is 393 g/mol. The van der Waals surface area contributed by atoms with Crippen molar-refractivity contribution in [2.45, 2.75) is 24.5 Å². The van der Waals surface area contributed by atoms with Gasteiger partial charge in [-0.05, 0) is 0 Å². The minimum absolute atomic E-state index is 0.0247. The number of ether oxygens (including phenoxy) is 1. The number of imidazole rings is 1. The Bertz CT molecular complexity index is 894. The van der Waals surface area contributed by atoms with Crippen LogP contribution in [0.2, 0.25) is 0 Å². The lowest BCUT2D eigenvalue weighted by atomic mass is 10.1. The van der Waals surface area contributed by atoms with Crippen LogP contribution in [0, 0.1) is 0 Å². The molecule has 0 amide bonds. The molecule has 14 nitrogen and oxygen atoms in total. The van der Waals surface area contributed by atoms with E-state index in [2.05, 4.69) is 24.4 Å². The van der Waals surface area contributed by atoms with E-state index < -0.39 is 44.5 Å². The van der Waals surface area contributed by atoms with Crippen LogP contribution < -0.4 is 11.3 Å². The second kappa shape index (κ2) is 7.02. The van der Waals surface area contributed by atoms with Crippen LogP contribution in [0.5, 0.6) is 0 Å². The molecule has 0 radical (unpaired) electrons. The van der Waals surface area contributed by atoms with Gasteiger partial charge in [-0.15, -0.1) is 0 Å². The molecule has 26 heavy (non-hydrogen) atoms. The summed E-state index contributed by atoms with van der Waals surface area (Å²) in [6.45, 7) is -0.617. The Morgan fingerprint density at radius 1 is 1.50 bits per heavy atom. The Kier molecular flexibility index (Phi) is 5.09. The smallest absolute Gasteiger partial charge is 0.387 e. The highest BCUT2D eigenvalue weighted by Gasteiger charge is 2.47. The van der Waals surface area contributed by atoms with Crippen LogP contribution in [0.1, 0.15) is 6.23 Å². The number of aliphatic hydroxyl groups is 1. The lowest BCUT2D eigenvalue weighted by Crippen LogP contribution is -2.35. The molecule has 0 bridgehead atoms. The molecule has 0 aromatic carbocycles. The van der Waals surface area contributed by atoms with Gasteiger partial charge in [-0.3, -0.25) is 18.9 Å². The number of aliphatic hydroxyl groups excluding tert-OH is 1. The first kappa shape index (κ1) is 18.9. The van der Waals surface area contributed by atoms with Gasteiger partial charge in [0.25, 0.3) is 5.56 Å². The molecule has 6 N–H and O–H groups in total. The summed E-state index contributed by atoms with van der Waals surface area (Å²) in [4.78, 5) is 49.3. The number of H-pyrrole nitrogens is 1. The topological polar surface area (TPSA) is 204 Å². The zero-order chi connectivity index (χ0) is 19.1. The summed E-state index contributed by atoms with van der Waals surface area (Å²) in [5.41, 5.74) is 5.00. The largest absolute Gasteiger partial charge is 0.469 e. The molecule has 0 spiro atoms. The van der Waals surface area contributed by atoms with Crippen LogP contribution in [0.15, 0.2) is 11.1 Å². The maximum absolute atomic E-state index is 11.9. The van der Waals surface area contributed by atoms with Gasteiger partial charge in [0.05, 0.1) is 20.0 Å². The van der Waals surface area contributed by atoms with Crippen molar-refractivity contribution < 1.29 is 38.5 Å². The second-order valence-electron chi connectivity index (χ2n) is 5.34. The van der Waals surface area contributed by atoms with Gasteiger partial charge in [0, 0.05) is 0 Å². The Balaban J connectivity index is 1.95. The number of phosphoric acid groups is 1. The summed E-state index contributed by atoms with van der Waals surface area (Å²) in [5, 5.41) is 10.3. The van der Waals surface area contributed by atoms with E-state index in [1.54, 1.807) is 0 Å². The van der Waals surface area contributed by atoms with Crippen molar-refractivity contribution in [3.8, 4) is 0 Å². The Labute approximate surface area is 144 Å². The molecule has 2 aromatic heterocycles. The fourth-order valence-electron chi connectivity index (χ4n) is 2.59. The molecule has 3 heterocycles. The molecule has 1 aliphatic rings. The lowest BCUT2D eigenvalue weighted by Gasteiger charge is -2.19. The van der Waals surface area contributed by atoms with Crippen LogP contribution in [0.25, 0.3) is 11.2 Å². The van der Waals surface area contributed by atoms with Gasteiger partial charge >= 0.3 is 7.82 Å². The van der Waals surface area contributed by atoms with E-state index in [0.29, 0.717) is 0 Å². The molecule has 144 valence electrons. The van der Waals surface area contributed by atoms with Crippen molar-refractivity contribution in [1.29, 1.82) is 0 Å². The third kappa shape index (κ3) is 3.62. The van der Waals surface area contributed by atoms with Gasteiger partial charge in [0.2, 0.25) is 5.95 Å². The van der Waals surface area contributed by atoms with Crippen LogP contribution >= 0.6 is 7.82 Å². The highest BCUT2D eigenvalue weighted by Crippen LogP contribution is 2.39. The number of anilines is 1. The number of hydrogen-bond acceptors (Lipinski definition) is 10. The molecular weight excluding hydrogens is 377 g/mol. The molecule has 0 aliphatic carbocycles. The number of phosphoric ester groups is 1. The van der Waals surface area contributed by atoms with E-state index in [1.807, 2.05) is 0 Å². The monoisotopic (exact) mass is 393 g/mol. The first-order valence-corrected chi connectivity index (χ1v) is 8.69. The summed E-state index contributed by atoms with van der Waals surface area (Å²) in [7, 11) is -3.56. The first-order chi connectivity index (χ1) is 12.2. The quantitative estimate of drug-likeness (QED) is 0.206. The summed E-state index contributed by atoms with van der Waals surface area (Å²) in [5.74, 6) is -0.159. The number of aromatic amines is 1. The van der Waals surface area contributed by atoms with Crippen molar-refractivity contribution in [2.24, 2.45) is 0 Å². The van der Waals surface area contributed by atoms with E-state index in [9.17, 15) is 14.5 Å². The zero-order valence-electron chi connectivity index (χ0n) is 13.3. The van der Waals surface area contributed by atoms with Crippen molar-refractivity contribution in [2.75, 3.05) is 19.5 Å². The number of aromatic nitrogens is 4. The second-order valence-corrected chi connectivity index (χ2v) is 6.58. The fourth-order valence-corrected chi connectivity index (χ4v) is 2.94. The SMILES string of the molecule is COOC1C(O)[C@@H](COP(=O)(O)O)O[C@H]1n1cnc2c(=O)[nH]c(N)nc21. The van der Waals surface area contributed by atoms with Gasteiger partial charge in [-0.2, -0.15) is 4.98 Å². The average Bonchev–Trinajstić information content (AvgIpc) is 3.08. The molecule has 2 aromatic rings. The van der Waals surface area contributed by atoms with Crippen LogP contribution in [0.4, 0.5) is 5.95 Å². The predicted octanol–water partition coefficient (Wildman–Crippen LogP) is -1.98. The summed E-state index contributed by atoms with van der Waals surface area (Å²) < 4.78 is 22.1. The molecule has 15 heteroatoms. The van der Waals surface area contributed by atoms with E-state index in [4.69, 9.17) is 25.1 Å². The summed E-state index contributed by atoms with van der Waals surface area (Å²) in [6, 6.07) is 0. The molecule has 1 fully saturated rings. The van der Waals surface area contributed by atoms with E-state index in [0.717, 1.165) is 0 Å². The highest BCUT2D eigenvalue weighted by atomic mass is 31.2. The Hall–Kier alpha value is -1.90. The van der Waals surface area contributed by atoms with E-state index in [-0.39, 0.29) is 17.1 Å². The predicted molar refractivity (Wildman–Crippen MR) is 82.4 cm³/mol. The third-order valence-electron chi connectivity index (χ3n) is 3.65. The number of nitrogen functional groups attached to an aromatic ring is 1. The third-order valence-corrected chi connectivity index (χ3v) is 4.14. The maximum atomic E-state index is 11.9. The molecule has 3 rings (SSSR count). The van der Waals surface area contributed by atoms with Gasteiger partial charge in [0.15, 0.2) is 23.5 Å². The van der Waals surface area contributed by atoms with Crippen molar-refractivity contribution in [1.82, 2.24) is 19.5 Å². The number of fused-ring (bicyclic) bond motifs is 1. The number of hydrogen-bond donors (Lipinski definition) is 5. The summed E-state index contributed by atoms with van der Waals surface area (Å²) in [6.07, 6.45) is -3.53. The first-order valence-electron chi connectivity index (χ1n) is 7.16. The molecule has 0 saturated carbocycles. The molecule has 2 unspecified atom stereocenters. The van der Waals surface area contributed by atoms with Crippen molar-refractivity contribution >= 4 is 24.9 Å². The van der Waals surface area contributed by atoms with Crippen LogP contribution in [-0.2, 0) is 23.6 Å². The fraction of sp³-hybridized carbons (Fsp3) is 0.545. The van der Waals surface area contributed by atoms with Crippen molar-refractivity contribution in [3.05, 3.63) is 16.7 Å². The van der Waals surface area contributed by atoms with Crippen molar-refractivity contribution in [3.63, 3.8) is 0 Å². The highest BCUT2D eigenvalue weighted by molar-refractivity contribution is 7.46. The number of rotatable bonds is 6. The minimum atomic E-state index is -4.77. The van der Waals surface area contributed by atoms with Crippen LogP contribution in [0.3, 0.4) is 0 Å². The van der Waals surface area contributed by atoms with Crippen LogP contribution in [-0.4, -0.2) is 66.4 Å².